The number of piperazine rings is 1. The van der Waals surface area contributed by atoms with Gasteiger partial charge in [-0.25, -0.2) is 0 Å². The molecule has 0 aliphatic carbocycles. The second-order valence-electron chi connectivity index (χ2n) is 7.01. The Labute approximate surface area is 159 Å². The van der Waals surface area contributed by atoms with Crippen molar-refractivity contribution in [3.05, 3.63) is 59.4 Å². The molecule has 5 nitrogen and oxygen atoms in total. The number of methoxy groups -OCH3 is 1. The van der Waals surface area contributed by atoms with Gasteiger partial charge in [-0.2, -0.15) is 0 Å². The standard InChI is InChI=1S/C22H24N2O3/c1-15-5-4-6-17(13-15)23-9-11-24(12-10-23)22(25)21-16(2)27-20-8-7-18(26-3)14-19(20)21/h4-8,13-14H,9-12H2,1-3H3. The third-order valence-corrected chi connectivity index (χ3v) is 5.22. The molecular formula is C22H24N2O3. The van der Waals surface area contributed by atoms with Gasteiger partial charge in [0.05, 0.1) is 12.7 Å². The predicted molar refractivity (Wildman–Crippen MR) is 107 cm³/mol. The molecule has 1 aromatic heterocycles. The summed E-state index contributed by atoms with van der Waals surface area (Å²) < 4.78 is 11.1. The molecular weight excluding hydrogens is 340 g/mol. The van der Waals surface area contributed by atoms with Gasteiger partial charge in [0.2, 0.25) is 0 Å². The first-order valence-electron chi connectivity index (χ1n) is 9.25. The van der Waals surface area contributed by atoms with E-state index in [9.17, 15) is 4.79 Å². The largest absolute Gasteiger partial charge is 0.497 e. The van der Waals surface area contributed by atoms with Gasteiger partial charge < -0.3 is 19.0 Å². The van der Waals surface area contributed by atoms with Crippen molar-refractivity contribution in [2.75, 3.05) is 38.2 Å². The van der Waals surface area contributed by atoms with E-state index in [4.69, 9.17) is 9.15 Å². The number of nitrogens with zero attached hydrogens (tertiary/aromatic N) is 2. The molecule has 0 spiro atoms. The van der Waals surface area contributed by atoms with Crippen LogP contribution in [0.4, 0.5) is 5.69 Å². The molecule has 0 saturated carbocycles. The van der Waals surface area contributed by atoms with Crippen molar-refractivity contribution in [2.45, 2.75) is 13.8 Å². The number of benzene rings is 2. The van der Waals surface area contributed by atoms with Crippen molar-refractivity contribution >= 4 is 22.6 Å². The predicted octanol–water partition coefficient (Wildman–Crippen LogP) is 4.02. The maximum Gasteiger partial charge on any atom is 0.258 e. The number of fused-ring (bicyclic) bond motifs is 1. The molecule has 2 aromatic carbocycles. The van der Waals surface area contributed by atoms with E-state index < -0.39 is 0 Å². The number of anilines is 1. The average Bonchev–Trinajstić information content (AvgIpc) is 3.02. The smallest absolute Gasteiger partial charge is 0.258 e. The summed E-state index contributed by atoms with van der Waals surface area (Å²) in [6.07, 6.45) is 0. The molecule has 0 N–H and O–H groups in total. The first-order chi connectivity index (χ1) is 13.1. The second-order valence-corrected chi connectivity index (χ2v) is 7.01. The van der Waals surface area contributed by atoms with E-state index in [0.29, 0.717) is 24.4 Å². The highest BCUT2D eigenvalue weighted by atomic mass is 16.5. The number of carbonyl (C=O) groups is 1. The molecule has 5 heteroatoms. The highest BCUT2D eigenvalue weighted by Crippen LogP contribution is 2.30. The zero-order chi connectivity index (χ0) is 19.0. The van der Waals surface area contributed by atoms with E-state index in [1.807, 2.05) is 30.0 Å². The molecule has 3 aromatic rings. The first kappa shape index (κ1) is 17.5. The minimum Gasteiger partial charge on any atom is -0.497 e. The molecule has 1 aliphatic rings. The molecule has 0 bridgehead atoms. The van der Waals surface area contributed by atoms with Gasteiger partial charge >= 0.3 is 0 Å². The molecule has 1 amide bonds. The number of amides is 1. The van der Waals surface area contributed by atoms with Gasteiger partial charge in [-0.15, -0.1) is 0 Å². The second kappa shape index (κ2) is 6.99. The summed E-state index contributed by atoms with van der Waals surface area (Å²) >= 11 is 0. The lowest BCUT2D eigenvalue weighted by Crippen LogP contribution is -2.48. The van der Waals surface area contributed by atoms with E-state index >= 15 is 0 Å². The van der Waals surface area contributed by atoms with Crippen molar-refractivity contribution in [1.82, 2.24) is 4.90 Å². The SMILES string of the molecule is COc1ccc2oc(C)c(C(=O)N3CCN(c4cccc(C)c4)CC3)c2c1. The van der Waals surface area contributed by atoms with Crippen LogP contribution < -0.4 is 9.64 Å². The Kier molecular flexibility index (Phi) is 4.52. The number of ether oxygens (including phenoxy) is 1. The van der Waals surface area contributed by atoms with Crippen molar-refractivity contribution in [3.8, 4) is 5.75 Å². The van der Waals surface area contributed by atoms with Crippen LogP contribution in [0, 0.1) is 13.8 Å². The molecule has 140 valence electrons. The Balaban J connectivity index is 1.54. The van der Waals surface area contributed by atoms with Crippen molar-refractivity contribution in [3.63, 3.8) is 0 Å². The molecule has 4 rings (SSSR count). The fraction of sp³-hybridized carbons (Fsp3) is 0.318. The van der Waals surface area contributed by atoms with Gasteiger partial charge in [0.1, 0.15) is 17.1 Å². The Bertz CT molecular complexity index is 984. The van der Waals surface area contributed by atoms with Gasteiger partial charge in [0, 0.05) is 37.3 Å². The summed E-state index contributed by atoms with van der Waals surface area (Å²) in [6.45, 7) is 7.00. The lowest BCUT2D eigenvalue weighted by atomic mass is 10.1. The van der Waals surface area contributed by atoms with E-state index in [0.717, 1.165) is 29.8 Å². The van der Waals surface area contributed by atoms with Crippen LogP contribution in [0.5, 0.6) is 5.75 Å². The molecule has 0 atom stereocenters. The maximum absolute atomic E-state index is 13.2. The number of hydrogen-bond donors (Lipinski definition) is 0. The lowest BCUT2D eigenvalue weighted by molar-refractivity contribution is 0.0746. The zero-order valence-electron chi connectivity index (χ0n) is 16.0. The molecule has 0 radical (unpaired) electrons. The third-order valence-electron chi connectivity index (χ3n) is 5.22. The van der Waals surface area contributed by atoms with Gasteiger partial charge in [-0.3, -0.25) is 4.79 Å². The Hall–Kier alpha value is -2.95. The van der Waals surface area contributed by atoms with E-state index in [1.54, 1.807) is 7.11 Å². The number of furan rings is 1. The zero-order valence-corrected chi connectivity index (χ0v) is 16.0. The fourth-order valence-electron chi connectivity index (χ4n) is 3.74. The van der Waals surface area contributed by atoms with Gasteiger partial charge in [-0.05, 0) is 49.7 Å². The summed E-state index contributed by atoms with van der Waals surface area (Å²) in [4.78, 5) is 17.5. The van der Waals surface area contributed by atoms with E-state index in [1.165, 1.54) is 11.3 Å². The number of aryl methyl sites for hydroxylation is 2. The van der Waals surface area contributed by atoms with Crippen LogP contribution in [-0.2, 0) is 0 Å². The molecule has 0 unspecified atom stereocenters. The minimum absolute atomic E-state index is 0.0309. The highest BCUT2D eigenvalue weighted by Gasteiger charge is 2.27. The maximum atomic E-state index is 13.2. The third kappa shape index (κ3) is 3.25. The molecule has 1 saturated heterocycles. The molecule has 27 heavy (non-hydrogen) atoms. The van der Waals surface area contributed by atoms with Crippen molar-refractivity contribution in [2.24, 2.45) is 0 Å². The van der Waals surface area contributed by atoms with Crippen LogP contribution in [0.25, 0.3) is 11.0 Å². The first-order valence-corrected chi connectivity index (χ1v) is 9.25. The number of carbonyl (C=O) groups excluding carboxylic acids is 1. The normalized spacial score (nSPS) is 14.6. The Morgan fingerprint density at radius 1 is 1.04 bits per heavy atom. The summed E-state index contributed by atoms with van der Waals surface area (Å²) in [6, 6.07) is 14.1. The van der Waals surface area contributed by atoms with Crippen molar-refractivity contribution in [1.29, 1.82) is 0 Å². The highest BCUT2D eigenvalue weighted by molar-refractivity contribution is 6.07. The molecule has 1 aliphatic heterocycles. The average molecular weight is 364 g/mol. The number of hydrogen-bond acceptors (Lipinski definition) is 4. The fourth-order valence-corrected chi connectivity index (χ4v) is 3.74. The molecule has 2 heterocycles. The van der Waals surface area contributed by atoms with Gasteiger partial charge in [0.25, 0.3) is 5.91 Å². The summed E-state index contributed by atoms with van der Waals surface area (Å²) in [5.41, 5.74) is 3.83. The minimum atomic E-state index is 0.0309. The lowest BCUT2D eigenvalue weighted by Gasteiger charge is -2.36. The van der Waals surface area contributed by atoms with E-state index in [2.05, 4.69) is 36.1 Å². The monoisotopic (exact) mass is 364 g/mol. The van der Waals surface area contributed by atoms with Crippen molar-refractivity contribution < 1.29 is 13.9 Å². The summed E-state index contributed by atoms with van der Waals surface area (Å²) in [5, 5.41) is 0.818. The van der Waals surface area contributed by atoms with Crippen LogP contribution in [-0.4, -0.2) is 44.1 Å². The quantitative estimate of drug-likeness (QED) is 0.704. The van der Waals surface area contributed by atoms with Crippen LogP contribution in [0.3, 0.4) is 0 Å². The Morgan fingerprint density at radius 3 is 2.52 bits per heavy atom. The van der Waals surface area contributed by atoms with E-state index in [-0.39, 0.29) is 5.91 Å². The van der Waals surface area contributed by atoms with Crippen LogP contribution in [0.2, 0.25) is 0 Å². The number of rotatable bonds is 3. The van der Waals surface area contributed by atoms with Crippen LogP contribution >= 0.6 is 0 Å². The summed E-state index contributed by atoms with van der Waals surface area (Å²) in [5.74, 6) is 1.41. The van der Waals surface area contributed by atoms with Gasteiger partial charge in [-0.1, -0.05) is 12.1 Å². The topological polar surface area (TPSA) is 45.9 Å². The van der Waals surface area contributed by atoms with Crippen LogP contribution in [0.1, 0.15) is 21.7 Å². The Morgan fingerprint density at radius 2 is 1.81 bits per heavy atom. The van der Waals surface area contributed by atoms with Gasteiger partial charge in [0.15, 0.2) is 0 Å². The van der Waals surface area contributed by atoms with Crippen LogP contribution in [0.15, 0.2) is 46.9 Å². The summed E-state index contributed by atoms with van der Waals surface area (Å²) in [7, 11) is 1.63. The molecule has 1 fully saturated rings.